The second kappa shape index (κ2) is 6.61. The van der Waals surface area contributed by atoms with Crippen molar-refractivity contribution in [2.75, 3.05) is 13.1 Å². The van der Waals surface area contributed by atoms with Crippen molar-refractivity contribution in [3.8, 4) is 5.75 Å². The summed E-state index contributed by atoms with van der Waals surface area (Å²) in [6.07, 6.45) is 0.308. The first-order valence-electron chi connectivity index (χ1n) is 7.19. The Bertz CT molecular complexity index is 512. The third kappa shape index (κ3) is 4.21. The molecule has 0 spiro atoms. The molecular formula is C16H21NO4. The van der Waals surface area contributed by atoms with Crippen LogP contribution in [0.2, 0.25) is 0 Å². The Hall–Kier alpha value is -2.04. The molecule has 1 fully saturated rings. The summed E-state index contributed by atoms with van der Waals surface area (Å²) in [7, 11) is 0. The number of aliphatic carboxylic acids is 1. The third-order valence-electron chi connectivity index (χ3n) is 3.74. The van der Waals surface area contributed by atoms with Gasteiger partial charge in [-0.2, -0.15) is 0 Å². The highest BCUT2D eigenvalue weighted by Crippen LogP contribution is 2.21. The number of amides is 1. The van der Waals surface area contributed by atoms with Gasteiger partial charge in [-0.3, -0.25) is 9.59 Å². The fourth-order valence-electron chi connectivity index (χ4n) is 2.57. The molecule has 0 saturated carbocycles. The van der Waals surface area contributed by atoms with E-state index in [1.165, 1.54) is 0 Å². The summed E-state index contributed by atoms with van der Waals surface area (Å²) in [5.74, 6) is -0.164. The minimum atomic E-state index is -0.807. The van der Waals surface area contributed by atoms with Gasteiger partial charge < -0.3 is 14.7 Å². The first-order chi connectivity index (χ1) is 9.95. The number of hydrogen-bond acceptors (Lipinski definition) is 3. The van der Waals surface area contributed by atoms with Crippen LogP contribution in [0.15, 0.2) is 24.3 Å². The molecule has 2 rings (SSSR count). The Morgan fingerprint density at radius 1 is 1.38 bits per heavy atom. The molecule has 0 aromatic heterocycles. The maximum atomic E-state index is 12.3. The van der Waals surface area contributed by atoms with Crippen LogP contribution in [0.3, 0.4) is 0 Å². The number of carbonyl (C=O) groups excluding carboxylic acids is 1. The Balaban J connectivity index is 1.88. The summed E-state index contributed by atoms with van der Waals surface area (Å²) in [4.78, 5) is 24.7. The summed E-state index contributed by atoms with van der Waals surface area (Å²) >= 11 is 0. The van der Waals surface area contributed by atoms with Crippen LogP contribution in [0.5, 0.6) is 5.75 Å². The van der Waals surface area contributed by atoms with Crippen LogP contribution < -0.4 is 4.74 Å². The Morgan fingerprint density at radius 2 is 2.05 bits per heavy atom. The van der Waals surface area contributed by atoms with Crippen molar-refractivity contribution in [3.63, 3.8) is 0 Å². The van der Waals surface area contributed by atoms with Crippen molar-refractivity contribution in [2.24, 2.45) is 5.92 Å². The molecule has 1 aliphatic heterocycles. The molecule has 0 bridgehead atoms. The van der Waals surface area contributed by atoms with Gasteiger partial charge in [0.25, 0.3) is 5.91 Å². The molecule has 0 radical (unpaired) electrons. The first-order valence-corrected chi connectivity index (χ1v) is 7.19. The van der Waals surface area contributed by atoms with Gasteiger partial charge in [-0.1, -0.05) is 17.7 Å². The average molecular weight is 291 g/mol. The van der Waals surface area contributed by atoms with E-state index < -0.39 is 12.1 Å². The van der Waals surface area contributed by atoms with E-state index in [0.717, 1.165) is 12.0 Å². The molecule has 1 amide bonds. The van der Waals surface area contributed by atoms with Gasteiger partial charge >= 0.3 is 5.97 Å². The van der Waals surface area contributed by atoms with Crippen LogP contribution in [0, 0.1) is 12.8 Å². The maximum Gasteiger partial charge on any atom is 0.303 e. The second-order valence-corrected chi connectivity index (χ2v) is 5.61. The minimum Gasteiger partial charge on any atom is -0.481 e. The predicted molar refractivity (Wildman–Crippen MR) is 78.2 cm³/mol. The number of carboxylic acids is 1. The normalized spacial score (nSPS) is 19.3. The molecule has 5 heteroatoms. The van der Waals surface area contributed by atoms with Crippen LogP contribution in [-0.2, 0) is 9.59 Å². The van der Waals surface area contributed by atoms with Crippen LogP contribution in [-0.4, -0.2) is 41.1 Å². The zero-order valence-corrected chi connectivity index (χ0v) is 12.4. The number of carboxylic acid groups (broad SMARTS) is 1. The van der Waals surface area contributed by atoms with Crippen molar-refractivity contribution in [2.45, 2.75) is 32.8 Å². The van der Waals surface area contributed by atoms with E-state index in [4.69, 9.17) is 9.84 Å². The van der Waals surface area contributed by atoms with Gasteiger partial charge in [0.15, 0.2) is 6.10 Å². The zero-order valence-electron chi connectivity index (χ0n) is 12.4. The van der Waals surface area contributed by atoms with Crippen molar-refractivity contribution in [3.05, 3.63) is 29.8 Å². The molecule has 2 unspecified atom stereocenters. The van der Waals surface area contributed by atoms with E-state index in [0.29, 0.717) is 18.8 Å². The number of hydrogen-bond donors (Lipinski definition) is 1. The van der Waals surface area contributed by atoms with Gasteiger partial charge in [0, 0.05) is 19.5 Å². The van der Waals surface area contributed by atoms with Crippen LogP contribution in [0.4, 0.5) is 0 Å². The lowest BCUT2D eigenvalue weighted by atomic mass is 10.1. The predicted octanol–water partition coefficient (Wildman–Crippen LogP) is 2.09. The lowest BCUT2D eigenvalue weighted by molar-refractivity contribution is -0.139. The molecule has 1 aliphatic rings. The van der Waals surface area contributed by atoms with Gasteiger partial charge in [0.05, 0.1) is 0 Å². The molecule has 1 N–H and O–H groups in total. The van der Waals surface area contributed by atoms with Crippen LogP contribution in [0.25, 0.3) is 0 Å². The van der Waals surface area contributed by atoms with E-state index >= 15 is 0 Å². The molecule has 1 aromatic carbocycles. The number of nitrogens with zero attached hydrogens (tertiary/aromatic N) is 1. The summed E-state index contributed by atoms with van der Waals surface area (Å²) in [5, 5.41) is 8.80. The van der Waals surface area contributed by atoms with E-state index in [9.17, 15) is 9.59 Å². The van der Waals surface area contributed by atoms with E-state index in [-0.39, 0.29) is 18.2 Å². The molecule has 0 aliphatic carbocycles. The smallest absolute Gasteiger partial charge is 0.303 e. The second-order valence-electron chi connectivity index (χ2n) is 5.61. The molecule has 1 saturated heterocycles. The van der Waals surface area contributed by atoms with Gasteiger partial charge in [0.1, 0.15) is 5.75 Å². The molecule has 114 valence electrons. The highest BCUT2D eigenvalue weighted by molar-refractivity contribution is 5.81. The fourth-order valence-corrected chi connectivity index (χ4v) is 2.57. The summed E-state index contributed by atoms with van der Waals surface area (Å²) in [6, 6.07) is 7.56. The van der Waals surface area contributed by atoms with Gasteiger partial charge in [0.2, 0.25) is 0 Å². The molecular weight excluding hydrogens is 270 g/mol. The number of benzene rings is 1. The lowest BCUT2D eigenvalue weighted by Crippen LogP contribution is -2.39. The van der Waals surface area contributed by atoms with Crippen molar-refractivity contribution in [1.82, 2.24) is 4.90 Å². The Morgan fingerprint density at radius 3 is 2.67 bits per heavy atom. The Labute approximate surface area is 124 Å². The van der Waals surface area contributed by atoms with Crippen LogP contribution >= 0.6 is 0 Å². The average Bonchev–Trinajstić information content (AvgIpc) is 2.88. The van der Waals surface area contributed by atoms with E-state index in [1.54, 1.807) is 11.8 Å². The highest BCUT2D eigenvalue weighted by Gasteiger charge is 2.30. The van der Waals surface area contributed by atoms with Crippen molar-refractivity contribution < 1.29 is 19.4 Å². The standard InChI is InChI=1S/C16H21NO4/c1-11-3-5-14(6-4-11)21-12(2)16(20)17-8-7-13(10-17)9-15(18)19/h3-6,12-13H,7-10H2,1-2H3,(H,18,19). The minimum absolute atomic E-state index is 0.0537. The van der Waals surface area contributed by atoms with Gasteiger partial charge in [-0.25, -0.2) is 0 Å². The number of aryl methyl sites for hydroxylation is 1. The van der Waals surface area contributed by atoms with Gasteiger partial charge in [-0.05, 0) is 38.3 Å². The van der Waals surface area contributed by atoms with Crippen LogP contribution in [0.1, 0.15) is 25.3 Å². The number of likely N-dealkylation sites (tertiary alicyclic amines) is 1. The quantitative estimate of drug-likeness (QED) is 0.902. The SMILES string of the molecule is Cc1ccc(OC(C)C(=O)N2CCC(CC(=O)O)C2)cc1. The number of ether oxygens (including phenoxy) is 1. The van der Waals surface area contributed by atoms with Crippen molar-refractivity contribution in [1.29, 1.82) is 0 Å². The number of rotatable bonds is 5. The fraction of sp³-hybridized carbons (Fsp3) is 0.500. The third-order valence-corrected chi connectivity index (χ3v) is 3.74. The number of carbonyl (C=O) groups is 2. The summed E-state index contributed by atoms with van der Waals surface area (Å²) in [5.41, 5.74) is 1.14. The zero-order chi connectivity index (χ0) is 15.4. The van der Waals surface area contributed by atoms with E-state index in [2.05, 4.69) is 0 Å². The molecule has 21 heavy (non-hydrogen) atoms. The lowest BCUT2D eigenvalue weighted by Gasteiger charge is -2.21. The van der Waals surface area contributed by atoms with E-state index in [1.807, 2.05) is 31.2 Å². The summed E-state index contributed by atoms with van der Waals surface area (Å²) in [6.45, 7) is 4.84. The molecule has 5 nitrogen and oxygen atoms in total. The monoisotopic (exact) mass is 291 g/mol. The topological polar surface area (TPSA) is 66.8 Å². The molecule has 1 aromatic rings. The van der Waals surface area contributed by atoms with Crippen molar-refractivity contribution >= 4 is 11.9 Å². The Kier molecular flexibility index (Phi) is 4.83. The summed E-state index contributed by atoms with van der Waals surface area (Å²) < 4.78 is 5.65. The first kappa shape index (κ1) is 15.4. The highest BCUT2D eigenvalue weighted by atomic mass is 16.5. The molecule has 1 heterocycles. The van der Waals surface area contributed by atoms with Gasteiger partial charge in [-0.15, -0.1) is 0 Å². The maximum absolute atomic E-state index is 12.3. The largest absolute Gasteiger partial charge is 0.481 e. The molecule has 2 atom stereocenters.